The van der Waals surface area contributed by atoms with Crippen molar-refractivity contribution < 1.29 is 4.79 Å². The van der Waals surface area contributed by atoms with E-state index in [0.717, 1.165) is 28.6 Å². The summed E-state index contributed by atoms with van der Waals surface area (Å²) >= 11 is 3.42. The van der Waals surface area contributed by atoms with Crippen molar-refractivity contribution in [2.75, 3.05) is 13.1 Å². The standard InChI is InChI=1S/C14H19BrN2O/c1-9-5-12(16)8-17(7-9)14(18)13-4-3-11(15)6-10(13)2/h3-4,6,9,12H,5,7-8,16H2,1-2H3. The lowest BCUT2D eigenvalue weighted by Crippen LogP contribution is -2.48. The molecule has 2 rings (SSSR count). The van der Waals surface area contributed by atoms with Crippen LogP contribution in [0.5, 0.6) is 0 Å². The van der Waals surface area contributed by atoms with Crippen LogP contribution in [0.25, 0.3) is 0 Å². The zero-order valence-corrected chi connectivity index (χ0v) is 12.4. The fourth-order valence-corrected chi connectivity index (χ4v) is 3.08. The molecule has 1 aliphatic heterocycles. The first kappa shape index (κ1) is 13.6. The number of carbonyl (C=O) groups is 1. The first-order valence-electron chi connectivity index (χ1n) is 6.28. The fourth-order valence-electron chi connectivity index (χ4n) is 2.60. The number of aryl methyl sites for hydroxylation is 1. The zero-order valence-electron chi connectivity index (χ0n) is 10.8. The van der Waals surface area contributed by atoms with Crippen LogP contribution in [0.2, 0.25) is 0 Å². The molecule has 3 nitrogen and oxygen atoms in total. The molecule has 0 radical (unpaired) electrons. The molecule has 1 heterocycles. The molecule has 2 atom stereocenters. The Morgan fingerprint density at radius 2 is 2.17 bits per heavy atom. The molecule has 4 heteroatoms. The molecular weight excluding hydrogens is 292 g/mol. The second-order valence-electron chi connectivity index (χ2n) is 5.27. The normalized spacial score (nSPS) is 24.1. The number of hydrogen-bond acceptors (Lipinski definition) is 2. The van der Waals surface area contributed by atoms with Crippen molar-refractivity contribution in [1.29, 1.82) is 0 Å². The number of nitrogens with two attached hydrogens (primary N) is 1. The first-order valence-corrected chi connectivity index (χ1v) is 7.07. The minimum absolute atomic E-state index is 0.0991. The smallest absolute Gasteiger partial charge is 0.254 e. The van der Waals surface area contributed by atoms with E-state index in [0.29, 0.717) is 12.5 Å². The van der Waals surface area contributed by atoms with Crippen LogP contribution in [0.4, 0.5) is 0 Å². The van der Waals surface area contributed by atoms with Gasteiger partial charge < -0.3 is 10.6 Å². The largest absolute Gasteiger partial charge is 0.337 e. The van der Waals surface area contributed by atoms with Gasteiger partial charge in [-0.3, -0.25) is 4.79 Å². The van der Waals surface area contributed by atoms with E-state index in [1.807, 2.05) is 30.0 Å². The van der Waals surface area contributed by atoms with Gasteiger partial charge in [-0.25, -0.2) is 0 Å². The Morgan fingerprint density at radius 1 is 1.44 bits per heavy atom. The quantitative estimate of drug-likeness (QED) is 0.866. The lowest BCUT2D eigenvalue weighted by molar-refractivity contribution is 0.0660. The summed E-state index contributed by atoms with van der Waals surface area (Å²) < 4.78 is 1.00. The Hall–Kier alpha value is -0.870. The first-order chi connectivity index (χ1) is 8.47. The van der Waals surface area contributed by atoms with E-state index in [-0.39, 0.29) is 11.9 Å². The average Bonchev–Trinajstić information content (AvgIpc) is 2.26. The Kier molecular flexibility index (Phi) is 4.07. The summed E-state index contributed by atoms with van der Waals surface area (Å²) in [6.07, 6.45) is 1.00. The van der Waals surface area contributed by atoms with Crippen molar-refractivity contribution in [3.8, 4) is 0 Å². The van der Waals surface area contributed by atoms with Gasteiger partial charge in [-0.1, -0.05) is 22.9 Å². The van der Waals surface area contributed by atoms with Gasteiger partial charge in [0.25, 0.3) is 5.91 Å². The van der Waals surface area contributed by atoms with Crippen LogP contribution in [0.15, 0.2) is 22.7 Å². The second-order valence-corrected chi connectivity index (χ2v) is 6.19. The molecule has 2 unspecified atom stereocenters. The highest BCUT2D eigenvalue weighted by Crippen LogP contribution is 2.21. The molecule has 0 spiro atoms. The van der Waals surface area contributed by atoms with Gasteiger partial charge in [0, 0.05) is 29.2 Å². The molecule has 98 valence electrons. The van der Waals surface area contributed by atoms with Crippen LogP contribution in [0, 0.1) is 12.8 Å². The van der Waals surface area contributed by atoms with Crippen LogP contribution in [-0.2, 0) is 0 Å². The van der Waals surface area contributed by atoms with Gasteiger partial charge in [-0.05, 0) is 43.0 Å². The minimum atomic E-state index is 0.0991. The Labute approximate surface area is 116 Å². The SMILES string of the molecule is Cc1cc(Br)ccc1C(=O)N1CC(C)CC(N)C1. The maximum Gasteiger partial charge on any atom is 0.254 e. The van der Waals surface area contributed by atoms with Crippen LogP contribution >= 0.6 is 15.9 Å². The van der Waals surface area contributed by atoms with Gasteiger partial charge in [0.15, 0.2) is 0 Å². The number of rotatable bonds is 1. The third kappa shape index (κ3) is 2.93. The number of nitrogens with zero attached hydrogens (tertiary/aromatic N) is 1. The van der Waals surface area contributed by atoms with E-state index in [1.165, 1.54) is 0 Å². The average molecular weight is 311 g/mol. The number of benzene rings is 1. The molecular formula is C14H19BrN2O. The molecule has 0 saturated carbocycles. The van der Waals surface area contributed by atoms with Gasteiger partial charge in [0.1, 0.15) is 0 Å². The molecule has 1 aromatic carbocycles. The molecule has 0 aliphatic carbocycles. The number of hydrogen-bond donors (Lipinski definition) is 1. The van der Waals surface area contributed by atoms with E-state index >= 15 is 0 Å². The summed E-state index contributed by atoms with van der Waals surface area (Å²) in [6.45, 7) is 5.58. The van der Waals surface area contributed by atoms with E-state index < -0.39 is 0 Å². The van der Waals surface area contributed by atoms with Crippen LogP contribution in [-0.4, -0.2) is 29.9 Å². The monoisotopic (exact) mass is 310 g/mol. The number of piperidine rings is 1. The molecule has 1 fully saturated rings. The number of halogens is 1. The van der Waals surface area contributed by atoms with E-state index in [9.17, 15) is 4.79 Å². The van der Waals surface area contributed by atoms with Gasteiger partial charge in [-0.15, -0.1) is 0 Å². The number of carbonyl (C=O) groups excluding carboxylic acids is 1. The summed E-state index contributed by atoms with van der Waals surface area (Å²) in [6, 6.07) is 5.87. The van der Waals surface area contributed by atoms with E-state index in [1.54, 1.807) is 0 Å². The lowest BCUT2D eigenvalue weighted by Gasteiger charge is -2.35. The highest BCUT2D eigenvalue weighted by molar-refractivity contribution is 9.10. The van der Waals surface area contributed by atoms with Crippen molar-refractivity contribution in [1.82, 2.24) is 4.90 Å². The molecule has 1 saturated heterocycles. The molecule has 1 aliphatic rings. The van der Waals surface area contributed by atoms with Crippen LogP contribution in [0.3, 0.4) is 0 Å². The number of amides is 1. The minimum Gasteiger partial charge on any atom is -0.337 e. The Bertz CT molecular complexity index is 451. The predicted octanol–water partition coefficient (Wildman–Crippen LogP) is 2.57. The molecule has 2 N–H and O–H groups in total. The summed E-state index contributed by atoms with van der Waals surface area (Å²) in [5.74, 6) is 0.579. The van der Waals surface area contributed by atoms with Gasteiger partial charge in [0.2, 0.25) is 0 Å². The maximum absolute atomic E-state index is 12.5. The topological polar surface area (TPSA) is 46.3 Å². The van der Waals surface area contributed by atoms with Crippen molar-refractivity contribution in [3.63, 3.8) is 0 Å². The van der Waals surface area contributed by atoms with Crippen molar-refractivity contribution in [3.05, 3.63) is 33.8 Å². The van der Waals surface area contributed by atoms with Crippen molar-refractivity contribution >= 4 is 21.8 Å². The summed E-state index contributed by atoms with van der Waals surface area (Å²) in [5.41, 5.74) is 7.77. The molecule has 0 aromatic heterocycles. The predicted molar refractivity (Wildman–Crippen MR) is 76.5 cm³/mol. The highest BCUT2D eigenvalue weighted by atomic mass is 79.9. The van der Waals surface area contributed by atoms with Crippen molar-refractivity contribution in [2.24, 2.45) is 11.7 Å². The Balaban J connectivity index is 2.20. The third-order valence-corrected chi connectivity index (χ3v) is 3.89. The third-order valence-electron chi connectivity index (χ3n) is 3.40. The van der Waals surface area contributed by atoms with E-state index in [2.05, 4.69) is 22.9 Å². The van der Waals surface area contributed by atoms with Gasteiger partial charge in [-0.2, -0.15) is 0 Å². The summed E-state index contributed by atoms with van der Waals surface area (Å²) in [4.78, 5) is 14.4. The molecule has 1 aromatic rings. The lowest BCUT2D eigenvalue weighted by atomic mass is 9.95. The number of likely N-dealkylation sites (tertiary alicyclic amines) is 1. The molecule has 18 heavy (non-hydrogen) atoms. The Morgan fingerprint density at radius 3 is 2.78 bits per heavy atom. The van der Waals surface area contributed by atoms with Crippen LogP contribution < -0.4 is 5.73 Å². The maximum atomic E-state index is 12.5. The van der Waals surface area contributed by atoms with Crippen molar-refractivity contribution in [2.45, 2.75) is 26.3 Å². The fraction of sp³-hybridized carbons (Fsp3) is 0.500. The second kappa shape index (κ2) is 5.41. The molecule has 0 bridgehead atoms. The van der Waals surface area contributed by atoms with Gasteiger partial charge in [0.05, 0.1) is 0 Å². The van der Waals surface area contributed by atoms with E-state index in [4.69, 9.17) is 5.73 Å². The van der Waals surface area contributed by atoms with Crippen LogP contribution in [0.1, 0.15) is 29.3 Å². The zero-order chi connectivity index (χ0) is 13.3. The highest BCUT2D eigenvalue weighted by Gasteiger charge is 2.26. The summed E-state index contributed by atoms with van der Waals surface area (Å²) in [7, 11) is 0. The summed E-state index contributed by atoms with van der Waals surface area (Å²) in [5, 5.41) is 0. The van der Waals surface area contributed by atoms with Gasteiger partial charge >= 0.3 is 0 Å². The molecule has 1 amide bonds.